The third-order valence-corrected chi connectivity index (χ3v) is 3.32. The Bertz CT molecular complexity index is 746. The number of carbonyl (C=O) groups is 1. The molecule has 4 heteroatoms. The molecule has 0 radical (unpaired) electrons. The minimum Gasteiger partial charge on any atom is -0.464 e. The van der Waals surface area contributed by atoms with Gasteiger partial charge in [0.15, 0.2) is 0 Å². The molecule has 3 nitrogen and oxygen atoms in total. The summed E-state index contributed by atoms with van der Waals surface area (Å²) in [6, 6.07) is 13.2. The zero-order valence-electron chi connectivity index (χ0n) is 8.72. The van der Waals surface area contributed by atoms with E-state index >= 15 is 0 Å². The molecule has 1 heterocycles. The Morgan fingerprint density at radius 1 is 1.06 bits per heavy atom. The van der Waals surface area contributed by atoms with E-state index in [-0.39, 0.29) is 0 Å². The van der Waals surface area contributed by atoms with Gasteiger partial charge in [-0.2, -0.15) is 0 Å². The highest BCUT2D eigenvalue weighted by atomic mass is 79.9. The number of para-hydroxylation sites is 1. The summed E-state index contributed by atoms with van der Waals surface area (Å²) in [4.78, 5) is 11.3. The largest absolute Gasteiger partial charge is 0.464 e. The van der Waals surface area contributed by atoms with E-state index in [1.807, 2.05) is 42.5 Å². The highest BCUT2D eigenvalue weighted by molar-refractivity contribution is 9.10. The van der Waals surface area contributed by atoms with Crippen molar-refractivity contribution >= 4 is 43.8 Å². The lowest BCUT2D eigenvalue weighted by Gasteiger charge is -1.99. The van der Waals surface area contributed by atoms with Gasteiger partial charge in [0.1, 0.15) is 0 Å². The van der Waals surface area contributed by atoms with E-state index in [4.69, 9.17) is 0 Å². The van der Waals surface area contributed by atoms with E-state index in [9.17, 15) is 9.90 Å². The van der Waals surface area contributed by atoms with Crippen LogP contribution in [0.5, 0.6) is 0 Å². The molecule has 0 saturated heterocycles. The smallest absolute Gasteiger partial charge is 0.416 e. The maximum absolute atomic E-state index is 11.3. The zero-order chi connectivity index (χ0) is 12.0. The van der Waals surface area contributed by atoms with Crippen LogP contribution < -0.4 is 0 Å². The molecule has 0 fully saturated rings. The molecule has 0 spiro atoms. The van der Waals surface area contributed by atoms with Crippen molar-refractivity contribution in [3.05, 3.63) is 46.9 Å². The Labute approximate surface area is 105 Å². The molecule has 0 bridgehead atoms. The molecule has 1 aromatic heterocycles. The molecule has 0 atom stereocenters. The molecular weight excluding hydrogens is 282 g/mol. The Morgan fingerprint density at radius 3 is 2.53 bits per heavy atom. The van der Waals surface area contributed by atoms with E-state index in [0.29, 0.717) is 11.0 Å². The van der Waals surface area contributed by atoms with Crippen molar-refractivity contribution in [1.29, 1.82) is 0 Å². The van der Waals surface area contributed by atoms with Gasteiger partial charge in [0.2, 0.25) is 0 Å². The van der Waals surface area contributed by atoms with Gasteiger partial charge in [-0.1, -0.05) is 40.2 Å². The van der Waals surface area contributed by atoms with Crippen molar-refractivity contribution in [3.8, 4) is 0 Å². The fourth-order valence-electron chi connectivity index (χ4n) is 2.15. The second-order valence-corrected chi connectivity index (χ2v) is 4.71. The summed E-state index contributed by atoms with van der Waals surface area (Å²) in [6.07, 6.45) is -0.964. The fraction of sp³-hybridized carbons (Fsp3) is 0. The third kappa shape index (κ3) is 1.45. The van der Waals surface area contributed by atoms with Crippen molar-refractivity contribution in [2.75, 3.05) is 0 Å². The van der Waals surface area contributed by atoms with Gasteiger partial charge < -0.3 is 5.11 Å². The topological polar surface area (TPSA) is 42.2 Å². The van der Waals surface area contributed by atoms with Crippen molar-refractivity contribution < 1.29 is 9.90 Å². The lowest BCUT2D eigenvalue weighted by atomic mass is 10.2. The molecule has 3 aromatic rings. The van der Waals surface area contributed by atoms with E-state index < -0.39 is 6.09 Å². The standard InChI is InChI=1S/C13H8BrNO2/c14-8-5-6-10-9-3-1-2-4-11(9)15(13(16)17)12(10)7-8/h1-7H,(H,16,17). The maximum Gasteiger partial charge on any atom is 0.416 e. The van der Waals surface area contributed by atoms with Crippen LogP contribution in [0.3, 0.4) is 0 Å². The Balaban J connectivity index is 2.62. The molecular formula is C13H8BrNO2. The fourth-order valence-corrected chi connectivity index (χ4v) is 2.50. The van der Waals surface area contributed by atoms with Gasteiger partial charge >= 0.3 is 6.09 Å². The van der Waals surface area contributed by atoms with Crippen LogP contribution in [0.1, 0.15) is 0 Å². The summed E-state index contributed by atoms with van der Waals surface area (Å²) in [6.45, 7) is 0. The van der Waals surface area contributed by atoms with Crippen LogP contribution in [0.25, 0.3) is 21.8 Å². The Hall–Kier alpha value is -1.81. The average molecular weight is 290 g/mol. The normalized spacial score (nSPS) is 11.1. The summed E-state index contributed by atoms with van der Waals surface area (Å²) in [7, 11) is 0. The van der Waals surface area contributed by atoms with Crippen LogP contribution in [0, 0.1) is 0 Å². The van der Waals surface area contributed by atoms with Gasteiger partial charge in [0.05, 0.1) is 11.0 Å². The zero-order valence-corrected chi connectivity index (χ0v) is 10.3. The first-order valence-electron chi connectivity index (χ1n) is 5.10. The molecule has 3 rings (SSSR count). The van der Waals surface area contributed by atoms with Gasteiger partial charge in [0.25, 0.3) is 0 Å². The molecule has 0 aliphatic rings. The minimum atomic E-state index is -0.964. The minimum absolute atomic E-state index is 0.702. The highest BCUT2D eigenvalue weighted by Crippen LogP contribution is 2.30. The summed E-state index contributed by atoms with van der Waals surface area (Å²) >= 11 is 3.37. The molecule has 0 saturated carbocycles. The lowest BCUT2D eigenvalue weighted by molar-refractivity contribution is 0.198. The number of aromatic nitrogens is 1. The predicted octanol–water partition coefficient (Wildman–Crippen LogP) is 4.08. The SMILES string of the molecule is O=C(O)n1c2ccccc2c2ccc(Br)cc21. The van der Waals surface area contributed by atoms with Crippen LogP contribution in [-0.4, -0.2) is 15.8 Å². The monoisotopic (exact) mass is 289 g/mol. The van der Waals surface area contributed by atoms with Crippen LogP contribution in [0.2, 0.25) is 0 Å². The maximum atomic E-state index is 11.3. The first kappa shape index (κ1) is 10.4. The number of hydrogen-bond donors (Lipinski definition) is 1. The second-order valence-electron chi connectivity index (χ2n) is 3.80. The molecule has 17 heavy (non-hydrogen) atoms. The number of fused-ring (bicyclic) bond motifs is 3. The number of nitrogens with zero attached hydrogens (tertiary/aromatic N) is 1. The van der Waals surface area contributed by atoms with Gasteiger partial charge in [-0.3, -0.25) is 0 Å². The predicted molar refractivity (Wildman–Crippen MR) is 70.6 cm³/mol. The van der Waals surface area contributed by atoms with E-state index in [2.05, 4.69) is 15.9 Å². The number of benzene rings is 2. The molecule has 84 valence electrons. The molecule has 2 aromatic carbocycles. The Kier molecular flexibility index (Phi) is 2.19. The van der Waals surface area contributed by atoms with Gasteiger partial charge in [0, 0.05) is 15.2 Å². The van der Waals surface area contributed by atoms with Crippen molar-refractivity contribution in [3.63, 3.8) is 0 Å². The summed E-state index contributed by atoms with van der Waals surface area (Å²) < 4.78 is 2.19. The van der Waals surface area contributed by atoms with E-state index in [1.54, 1.807) is 0 Å². The molecule has 1 N–H and O–H groups in total. The molecule has 0 amide bonds. The Morgan fingerprint density at radius 2 is 1.76 bits per heavy atom. The summed E-state index contributed by atoms with van der Waals surface area (Å²) in [5, 5.41) is 11.2. The first-order valence-corrected chi connectivity index (χ1v) is 5.90. The number of halogens is 1. The quantitative estimate of drug-likeness (QED) is 0.677. The van der Waals surface area contributed by atoms with E-state index in [0.717, 1.165) is 15.2 Å². The van der Waals surface area contributed by atoms with Gasteiger partial charge in [-0.15, -0.1) is 0 Å². The summed E-state index contributed by atoms with van der Waals surface area (Å²) in [5.74, 6) is 0. The van der Waals surface area contributed by atoms with Gasteiger partial charge in [-0.05, 0) is 18.2 Å². The average Bonchev–Trinajstić information content (AvgIpc) is 2.62. The van der Waals surface area contributed by atoms with Crippen molar-refractivity contribution in [1.82, 2.24) is 4.57 Å². The van der Waals surface area contributed by atoms with Crippen molar-refractivity contribution in [2.24, 2.45) is 0 Å². The van der Waals surface area contributed by atoms with Crippen LogP contribution in [0.15, 0.2) is 46.9 Å². The van der Waals surface area contributed by atoms with Crippen LogP contribution in [-0.2, 0) is 0 Å². The molecule has 0 unspecified atom stereocenters. The lowest BCUT2D eigenvalue weighted by Crippen LogP contribution is -2.06. The van der Waals surface area contributed by atoms with Crippen LogP contribution >= 0.6 is 15.9 Å². The second kappa shape index (κ2) is 3.60. The molecule has 0 aliphatic carbocycles. The number of hydrogen-bond acceptors (Lipinski definition) is 1. The van der Waals surface area contributed by atoms with E-state index in [1.165, 1.54) is 4.57 Å². The van der Waals surface area contributed by atoms with Crippen LogP contribution in [0.4, 0.5) is 4.79 Å². The number of carboxylic acid groups (broad SMARTS) is 1. The summed E-state index contributed by atoms with van der Waals surface area (Å²) in [5.41, 5.74) is 1.42. The third-order valence-electron chi connectivity index (χ3n) is 2.83. The van der Waals surface area contributed by atoms with Crippen molar-refractivity contribution in [2.45, 2.75) is 0 Å². The first-order chi connectivity index (χ1) is 8.18. The number of rotatable bonds is 0. The highest BCUT2D eigenvalue weighted by Gasteiger charge is 2.14. The van der Waals surface area contributed by atoms with Gasteiger partial charge in [-0.25, -0.2) is 9.36 Å². The molecule has 0 aliphatic heterocycles.